The maximum absolute atomic E-state index is 5.45. The monoisotopic (exact) mass is 244 g/mol. The van der Waals surface area contributed by atoms with Gasteiger partial charge in [-0.2, -0.15) is 0 Å². The number of hydrogen-bond acceptors (Lipinski definition) is 5. The van der Waals surface area contributed by atoms with E-state index in [9.17, 15) is 0 Å². The zero-order valence-corrected chi connectivity index (χ0v) is 10.3. The molecule has 0 atom stereocenters. The zero-order valence-electron chi connectivity index (χ0n) is 10.3. The number of imidazole rings is 1. The summed E-state index contributed by atoms with van der Waals surface area (Å²) in [5.41, 5.74) is 5.99. The number of aromatic nitrogens is 4. The van der Waals surface area contributed by atoms with Crippen molar-refractivity contribution in [3.8, 4) is 5.82 Å². The fraction of sp³-hybridized carbons (Fsp3) is 0.417. The molecule has 0 bridgehead atoms. The smallest absolute Gasteiger partial charge is 0.148 e. The number of nitrogens with one attached hydrogen (secondary N) is 1. The van der Waals surface area contributed by atoms with Crippen molar-refractivity contribution in [2.45, 2.75) is 32.6 Å². The quantitative estimate of drug-likeness (QED) is 0.611. The predicted octanol–water partition coefficient (Wildman–Crippen LogP) is 1.14. The molecule has 18 heavy (non-hydrogen) atoms. The van der Waals surface area contributed by atoms with Gasteiger partial charge in [-0.3, -0.25) is 4.57 Å². The second-order valence-corrected chi connectivity index (χ2v) is 4.53. The summed E-state index contributed by atoms with van der Waals surface area (Å²) in [6.07, 6.45) is 7.93. The Hall–Kier alpha value is -1.95. The molecule has 6 nitrogen and oxygen atoms in total. The van der Waals surface area contributed by atoms with Crippen LogP contribution < -0.4 is 11.3 Å². The summed E-state index contributed by atoms with van der Waals surface area (Å²) in [5, 5.41) is 0. The Morgan fingerprint density at radius 1 is 1.22 bits per heavy atom. The molecule has 2 aromatic heterocycles. The van der Waals surface area contributed by atoms with Crippen LogP contribution in [0.3, 0.4) is 0 Å². The van der Waals surface area contributed by atoms with Crippen molar-refractivity contribution in [1.29, 1.82) is 0 Å². The van der Waals surface area contributed by atoms with E-state index in [0.29, 0.717) is 5.82 Å². The molecule has 2 heterocycles. The molecule has 1 aliphatic rings. The van der Waals surface area contributed by atoms with Crippen LogP contribution >= 0.6 is 0 Å². The third kappa shape index (κ3) is 1.65. The lowest BCUT2D eigenvalue weighted by Gasteiger charge is -2.15. The van der Waals surface area contributed by atoms with Gasteiger partial charge >= 0.3 is 0 Å². The first-order valence-electron chi connectivity index (χ1n) is 6.15. The Balaban J connectivity index is 2.13. The van der Waals surface area contributed by atoms with E-state index in [1.807, 2.05) is 13.3 Å². The highest BCUT2D eigenvalue weighted by Gasteiger charge is 2.18. The number of hydrogen-bond donors (Lipinski definition) is 2. The lowest BCUT2D eigenvalue weighted by Crippen LogP contribution is -2.14. The zero-order chi connectivity index (χ0) is 12.5. The van der Waals surface area contributed by atoms with Gasteiger partial charge in [0.15, 0.2) is 0 Å². The van der Waals surface area contributed by atoms with E-state index >= 15 is 0 Å². The van der Waals surface area contributed by atoms with Crippen LogP contribution in [-0.4, -0.2) is 19.5 Å². The van der Waals surface area contributed by atoms with Crippen molar-refractivity contribution in [2.75, 3.05) is 5.43 Å². The highest BCUT2D eigenvalue weighted by Crippen LogP contribution is 2.24. The number of nitrogens with two attached hydrogens (primary N) is 1. The van der Waals surface area contributed by atoms with E-state index in [4.69, 9.17) is 5.84 Å². The molecular formula is C12H16N6. The lowest BCUT2D eigenvalue weighted by molar-refractivity contribution is 0.653. The predicted molar refractivity (Wildman–Crippen MR) is 68.3 cm³/mol. The van der Waals surface area contributed by atoms with E-state index < -0.39 is 0 Å². The van der Waals surface area contributed by atoms with Crippen LogP contribution in [0.2, 0.25) is 0 Å². The van der Waals surface area contributed by atoms with Gasteiger partial charge < -0.3 is 5.43 Å². The molecule has 6 heteroatoms. The number of nitrogens with zero attached hydrogens (tertiary/aromatic N) is 4. The average molecular weight is 244 g/mol. The maximum Gasteiger partial charge on any atom is 0.148 e. The minimum Gasteiger partial charge on any atom is -0.308 e. The molecule has 0 radical (unpaired) electrons. The number of rotatable bonds is 2. The van der Waals surface area contributed by atoms with Crippen molar-refractivity contribution < 1.29 is 0 Å². The van der Waals surface area contributed by atoms with E-state index in [1.54, 1.807) is 0 Å². The van der Waals surface area contributed by atoms with Gasteiger partial charge in [-0.25, -0.2) is 20.8 Å². The molecular weight excluding hydrogens is 228 g/mol. The molecule has 0 amide bonds. The Morgan fingerprint density at radius 2 is 2.06 bits per heavy atom. The Morgan fingerprint density at radius 3 is 2.89 bits per heavy atom. The Labute approximate surface area is 105 Å². The van der Waals surface area contributed by atoms with E-state index in [0.717, 1.165) is 24.2 Å². The molecule has 0 aromatic carbocycles. The lowest BCUT2D eigenvalue weighted by atomic mass is 10.0. The summed E-state index contributed by atoms with van der Waals surface area (Å²) < 4.78 is 2.06. The number of fused-ring (bicyclic) bond motifs is 1. The van der Waals surface area contributed by atoms with Gasteiger partial charge in [0.1, 0.15) is 24.3 Å². The molecule has 0 saturated heterocycles. The van der Waals surface area contributed by atoms with Crippen molar-refractivity contribution in [1.82, 2.24) is 19.5 Å². The molecule has 0 aliphatic heterocycles. The number of aryl methyl sites for hydroxylation is 1. The van der Waals surface area contributed by atoms with Crippen LogP contribution in [0.5, 0.6) is 0 Å². The molecule has 3 N–H and O–H groups in total. The molecule has 0 saturated carbocycles. The first-order chi connectivity index (χ1) is 8.81. The summed E-state index contributed by atoms with van der Waals surface area (Å²) in [7, 11) is 0. The van der Waals surface area contributed by atoms with Gasteiger partial charge in [0.25, 0.3) is 0 Å². The molecule has 0 unspecified atom stereocenters. The standard InChI is InChI=1S/C12H16N6/c1-8-11(17-13)14-6-15-12(8)18-7-16-9-4-2-3-5-10(9)18/h6-7H,2-5,13H2,1H3,(H,14,15,17). The second-order valence-electron chi connectivity index (χ2n) is 4.53. The van der Waals surface area contributed by atoms with E-state index in [2.05, 4.69) is 24.9 Å². The van der Waals surface area contributed by atoms with E-state index in [-0.39, 0.29) is 0 Å². The molecule has 2 aromatic rings. The van der Waals surface area contributed by atoms with Crippen molar-refractivity contribution in [3.63, 3.8) is 0 Å². The number of anilines is 1. The van der Waals surface area contributed by atoms with Crippen LogP contribution in [0.4, 0.5) is 5.82 Å². The summed E-state index contributed by atoms with van der Waals surface area (Å²) in [5.74, 6) is 6.95. The topological polar surface area (TPSA) is 81.6 Å². The van der Waals surface area contributed by atoms with Crippen LogP contribution in [0.1, 0.15) is 29.8 Å². The fourth-order valence-electron chi connectivity index (χ4n) is 2.48. The van der Waals surface area contributed by atoms with Gasteiger partial charge in [-0.1, -0.05) is 0 Å². The third-order valence-electron chi connectivity index (χ3n) is 3.45. The SMILES string of the molecule is Cc1c(NN)ncnc1-n1cnc2c1CCCC2. The normalized spacial score (nSPS) is 14.3. The molecule has 0 fully saturated rings. The number of hydrazine groups is 1. The maximum atomic E-state index is 5.45. The molecule has 1 aliphatic carbocycles. The molecule has 3 rings (SSSR count). The summed E-state index contributed by atoms with van der Waals surface area (Å²) in [6, 6.07) is 0. The van der Waals surface area contributed by atoms with Gasteiger partial charge in [-0.05, 0) is 32.6 Å². The second kappa shape index (κ2) is 4.38. The van der Waals surface area contributed by atoms with Gasteiger partial charge in [0.05, 0.1) is 5.69 Å². The van der Waals surface area contributed by atoms with Crippen LogP contribution in [0, 0.1) is 6.92 Å². The summed E-state index contributed by atoms with van der Waals surface area (Å²) in [4.78, 5) is 12.9. The van der Waals surface area contributed by atoms with Crippen LogP contribution in [0.25, 0.3) is 5.82 Å². The average Bonchev–Trinajstić information content (AvgIpc) is 2.83. The highest BCUT2D eigenvalue weighted by molar-refractivity contribution is 5.50. The van der Waals surface area contributed by atoms with Crippen LogP contribution in [-0.2, 0) is 12.8 Å². The fourth-order valence-corrected chi connectivity index (χ4v) is 2.48. The van der Waals surface area contributed by atoms with Gasteiger partial charge in [0, 0.05) is 11.3 Å². The minimum atomic E-state index is 0.651. The third-order valence-corrected chi connectivity index (χ3v) is 3.45. The largest absolute Gasteiger partial charge is 0.308 e. The summed E-state index contributed by atoms with van der Waals surface area (Å²) >= 11 is 0. The first kappa shape index (κ1) is 11.2. The van der Waals surface area contributed by atoms with Crippen LogP contribution in [0.15, 0.2) is 12.7 Å². The Kier molecular flexibility index (Phi) is 2.71. The first-order valence-corrected chi connectivity index (χ1v) is 6.15. The van der Waals surface area contributed by atoms with Gasteiger partial charge in [-0.15, -0.1) is 0 Å². The highest BCUT2D eigenvalue weighted by atomic mass is 15.3. The van der Waals surface area contributed by atoms with Crippen molar-refractivity contribution in [2.24, 2.45) is 5.84 Å². The minimum absolute atomic E-state index is 0.651. The van der Waals surface area contributed by atoms with Gasteiger partial charge in [0.2, 0.25) is 0 Å². The van der Waals surface area contributed by atoms with E-state index in [1.165, 1.54) is 30.6 Å². The molecule has 94 valence electrons. The van der Waals surface area contributed by atoms with Crippen molar-refractivity contribution in [3.05, 3.63) is 29.6 Å². The number of nitrogen functional groups attached to an aromatic ring is 1. The summed E-state index contributed by atoms with van der Waals surface area (Å²) in [6.45, 7) is 1.96. The molecule has 0 spiro atoms. The Bertz CT molecular complexity index is 574. The van der Waals surface area contributed by atoms with Crippen molar-refractivity contribution >= 4 is 5.82 Å².